The number of nitrogens with one attached hydrogen (secondary N) is 1. The van der Waals surface area contributed by atoms with Crippen LogP contribution in [0.25, 0.3) is 0 Å². The van der Waals surface area contributed by atoms with Crippen LogP contribution in [0.2, 0.25) is 0 Å². The van der Waals surface area contributed by atoms with Crippen LogP contribution in [-0.4, -0.2) is 55.7 Å². The van der Waals surface area contributed by atoms with Gasteiger partial charge in [0.1, 0.15) is 6.10 Å². The minimum Gasteiger partial charge on any atom is -0.470 e. The minimum atomic E-state index is 0.126. The Morgan fingerprint density at radius 1 is 1.19 bits per heavy atom. The molecule has 2 saturated heterocycles. The SMILES string of the molecule is C1CCN(C[C@H]2CON=C([C@]34CCC[C@H]3NCC4)O2)CC1. The summed E-state index contributed by atoms with van der Waals surface area (Å²) in [4.78, 5) is 8.09. The first-order valence-corrected chi connectivity index (χ1v) is 8.70. The zero-order valence-corrected chi connectivity index (χ0v) is 12.9. The van der Waals surface area contributed by atoms with Gasteiger partial charge in [-0.05, 0) is 51.7 Å². The van der Waals surface area contributed by atoms with E-state index in [1.54, 1.807) is 0 Å². The van der Waals surface area contributed by atoms with Crippen LogP contribution in [0.1, 0.15) is 44.9 Å². The number of hydrogen-bond donors (Lipinski definition) is 1. The Balaban J connectivity index is 1.41. The largest absolute Gasteiger partial charge is 0.470 e. The van der Waals surface area contributed by atoms with Gasteiger partial charge in [0, 0.05) is 12.6 Å². The van der Waals surface area contributed by atoms with Crippen molar-refractivity contribution < 1.29 is 9.57 Å². The van der Waals surface area contributed by atoms with Crippen molar-refractivity contribution in [2.24, 2.45) is 10.6 Å². The molecule has 3 atom stereocenters. The van der Waals surface area contributed by atoms with Gasteiger partial charge in [0.25, 0.3) is 0 Å². The van der Waals surface area contributed by atoms with Crippen molar-refractivity contribution in [3.8, 4) is 0 Å². The maximum absolute atomic E-state index is 6.32. The molecular formula is C16H27N3O2. The Kier molecular flexibility index (Phi) is 3.79. The number of nitrogens with zero attached hydrogens (tertiary/aromatic N) is 2. The van der Waals surface area contributed by atoms with Gasteiger partial charge in [0.2, 0.25) is 5.90 Å². The summed E-state index contributed by atoms with van der Waals surface area (Å²) in [6.07, 6.45) is 9.05. The molecule has 3 aliphatic heterocycles. The van der Waals surface area contributed by atoms with Gasteiger partial charge in [-0.25, -0.2) is 0 Å². The van der Waals surface area contributed by atoms with Crippen molar-refractivity contribution in [2.45, 2.75) is 57.1 Å². The molecule has 3 heterocycles. The van der Waals surface area contributed by atoms with Crippen LogP contribution in [0, 0.1) is 5.41 Å². The maximum Gasteiger partial charge on any atom is 0.234 e. The quantitative estimate of drug-likeness (QED) is 0.861. The van der Waals surface area contributed by atoms with Crippen LogP contribution in [0.5, 0.6) is 0 Å². The molecule has 0 aromatic carbocycles. The van der Waals surface area contributed by atoms with Crippen LogP contribution in [-0.2, 0) is 9.57 Å². The lowest BCUT2D eigenvalue weighted by Crippen LogP contribution is -2.47. The van der Waals surface area contributed by atoms with Crippen molar-refractivity contribution in [3.63, 3.8) is 0 Å². The highest BCUT2D eigenvalue weighted by Crippen LogP contribution is 2.46. The first-order valence-electron chi connectivity index (χ1n) is 8.70. The molecule has 0 spiro atoms. The van der Waals surface area contributed by atoms with Crippen LogP contribution in [0.15, 0.2) is 5.16 Å². The smallest absolute Gasteiger partial charge is 0.234 e. The molecule has 0 bridgehead atoms. The van der Waals surface area contributed by atoms with Crippen LogP contribution >= 0.6 is 0 Å². The van der Waals surface area contributed by atoms with E-state index >= 15 is 0 Å². The van der Waals surface area contributed by atoms with Crippen LogP contribution in [0.3, 0.4) is 0 Å². The number of piperidine rings is 1. The third-order valence-corrected chi connectivity index (χ3v) is 5.77. The summed E-state index contributed by atoms with van der Waals surface area (Å²) in [6, 6.07) is 0.550. The van der Waals surface area contributed by atoms with Gasteiger partial charge in [-0.15, -0.1) is 0 Å². The predicted octanol–water partition coefficient (Wildman–Crippen LogP) is 1.73. The van der Waals surface area contributed by atoms with Gasteiger partial charge in [0.15, 0.2) is 6.61 Å². The summed E-state index contributed by atoms with van der Waals surface area (Å²) in [6.45, 7) is 5.11. The maximum atomic E-state index is 6.32. The number of hydrogen-bond acceptors (Lipinski definition) is 5. The van der Waals surface area contributed by atoms with E-state index in [-0.39, 0.29) is 11.5 Å². The predicted molar refractivity (Wildman–Crippen MR) is 81.2 cm³/mol. The standard InChI is InChI=1S/C16H27N3O2/c1-2-9-19(10-3-1)11-13-12-20-18-15(21-13)16-6-4-5-14(16)17-8-7-16/h13-14,17H,1-12H2/t13-,14+,16-/m0/s1. The number of fused-ring (bicyclic) bond motifs is 1. The highest BCUT2D eigenvalue weighted by molar-refractivity contribution is 5.84. The summed E-state index contributed by atoms with van der Waals surface area (Å²) >= 11 is 0. The van der Waals surface area contributed by atoms with E-state index in [9.17, 15) is 0 Å². The summed E-state index contributed by atoms with van der Waals surface area (Å²) in [5, 5.41) is 7.95. The molecule has 3 fully saturated rings. The van der Waals surface area contributed by atoms with E-state index in [1.165, 1.54) is 51.6 Å². The average molecular weight is 293 g/mol. The number of oxime groups is 1. The Hall–Kier alpha value is -0.810. The van der Waals surface area contributed by atoms with Crippen LogP contribution in [0.4, 0.5) is 0 Å². The summed E-state index contributed by atoms with van der Waals surface area (Å²) in [5.74, 6) is 0.892. The zero-order valence-electron chi connectivity index (χ0n) is 12.9. The van der Waals surface area contributed by atoms with E-state index in [1.807, 2.05) is 0 Å². The lowest BCUT2D eigenvalue weighted by molar-refractivity contribution is -0.0216. The molecule has 0 unspecified atom stereocenters. The second-order valence-corrected chi connectivity index (χ2v) is 7.10. The average Bonchev–Trinajstić information content (AvgIpc) is 3.09. The fourth-order valence-electron chi connectivity index (χ4n) is 4.62. The number of rotatable bonds is 3. The first kappa shape index (κ1) is 13.8. The Labute approximate surface area is 127 Å². The molecule has 118 valence electrons. The zero-order chi connectivity index (χ0) is 14.1. The van der Waals surface area contributed by atoms with Crippen LogP contribution < -0.4 is 5.32 Å². The normalized spacial score (nSPS) is 40.3. The van der Waals surface area contributed by atoms with E-state index < -0.39 is 0 Å². The molecule has 1 saturated carbocycles. The molecule has 4 aliphatic rings. The highest BCUT2D eigenvalue weighted by Gasteiger charge is 2.52. The second-order valence-electron chi connectivity index (χ2n) is 7.10. The fourth-order valence-corrected chi connectivity index (χ4v) is 4.62. The van der Waals surface area contributed by atoms with Crippen molar-refractivity contribution in [1.29, 1.82) is 0 Å². The molecule has 0 radical (unpaired) electrons. The molecule has 5 heteroatoms. The van der Waals surface area contributed by atoms with Gasteiger partial charge in [-0.3, -0.25) is 4.90 Å². The second kappa shape index (κ2) is 5.76. The van der Waals surface area contributed by atoms with Crippen molar-refractivity contribution >= 4 is 5.90 Å². The Bertz CT molecular complexity index is 396. The molecule has 1 N–H and O–H groups in total. The molecule has 0 aromatic rings. The van der Waals surface area contributed by atoms with Gasteiger partial charge in [0.05, 0.1) is 5.41 Å². The molecule has 1 aliphatic carbocycles. The molecule has 4 rings (SSSR count). The molecular weight excluding hydrogens is 266 g/mol. The van der Waals surface area contributed by atoms with Gasteiger partial charge in [-0.2, -0.15) is 0 Å². The number of likely N-dealkylation sites (tertiary alicyclic amines) is 1. The number of ether oxygens (including phenoxy) is 1. The molecule has 21 heavy (non-hydrogen) atoms. The highest BCUT2D eigenvalue weighted by atomic mass is 16.7. The van der Waals surface area contributed by atoms with Gasteiger partial charge >= 0.3 is 0 Å². The Morgan fingerprint density at radius 3 is 3.00 bits per heavy atom. The van der Waals surface area contributed by atoms with Gasteiger partial charge < -0.3 is 14.9 Å². The summed E-state index contributed by atoms with van der Waals surface area (Å²) in [7, 11) is 0. The van der Waals surface area contributed by atoms with E-state index in [0.29, 0.717) is 12.6 Å². The third-order valence-electron chi connectivity index (χ3n) is 5.77. The molecule has 0 aromatic heterocycles. The topological polar surface area (TPSA) is 46.1 Å². The summed E-state index contributed by atoms with van der Waals surface area (Å²) < 4.78 is 6.32. The lowest BCUT2D eigenvalue weighted by Gasteiger charge is -2.36. The van der Waals surface area contributed by atoms with E-state index in [2.05, 4.69) is 15.4 Å². The molecule has 0 amide bonds. The monoisotopic (exact) mass is 293 g/mol. The van der Waals surface area contributed by atoms with E-state index in [0.717, 1.165) is 25.4 Å². The third kappa shape index (κ3) is 2.55. The van der Waals surface area contributed by atoms with Gasteiger partial charge in [-0.1, -0.05) is 18.0 Å². The van der Waals surface area contributed by atoms with Crippen molar-refractivity contribution in [1.82, 2.24) is 10.2 Å². The fraction of sp³-hybridized carbons (Fsp3) is 0.938. The lowest BCUT2D eigenvalue weighted by atomic mass is 9.82. The molecule has 5 nitrogen and oxygen atoms in total. The summed E-state index contributed by atoms with van der Waals surface area (Å²) in [5.41, 5.74) is 0.126. The first-order chi connectivity index (χ1) is 10.4. The van der Waals surface area contributed by atoms with Crippen molar-refractivity contribution in [3.05, 3.63) is 0 Å². The van der Waals surface area contributed by atoms with Crippen molar-refractivity contribution in [2.75, 3.05) is 32.8 Å². The minimum absolute atomic E-state index is 0.126. The van der Waals surface area contributed by atoms with E-state index in [4.69, 9.17) is 9.57 Å². The Morgan fingerprint density at radius 2 is 2.10 bits per heavy atom.